The predicted octanol–water partition coefficient (Wildman–Crippen LogP) is 2.30. The highest BCUT2D eigenvalue weighted by atomic mass is 16.3. The number of hydrogen-bond acceptors (Lipinski definition) is 4. The minimum atomic E-state index is -0.755. The topological polar surface area (TPSA) is 72.7 Å². The van der Waals surface area contributed by atoms with Crippen LogP contribution in [0.3, 0.4) is 0 Å². The Labute approximate surface area is 108 Å². The summed E-state index contributed by atoms with van der Waals surface area (Å²) in [4.78, 5) is 0. The zero-order valence-electron chi connectivity index (χ0n) is 11.3. The molecule has 102 valence electrons. The van der Waals surface area contributed by atoms with E-state index in [9.17, 15) is 15.3 Å². The number of phenols is 2. The smallest absolute Gasteiger partial charge is 0.120 e. The van der Waals surface area contributed by atoms with Gasteiger partial charge in [0.2, 0.25) is 0 Å². The standard InChI is InChI=1S/C14H23NO3/c1-4-7-14(3,18)9-15-10(2)12-8-11(16)5-6-13(12)17/h5-6,8,10,15-18H,4,7,9H2,1-3H3. The number of benzene rings is 1. The van der Waals surface area contributed by atoms with E-state index in [0.717, 1.165) is 12.8 Å². The molecule has 0 saturated heterocycles. The minimum absolute atomic E-state index is 0.122. The van der Waals surface area contributed by atoms with Crippen molar-refractivity contribution in [3.05, 3.63) is 23.8 Å². The first-order chi connectivity index (χ1) is 8.35. The normalized spacial score (nSPS) is 16.2. The van der Waals surface area contributed by atoms with E-state index in [1.54, 1.807) is 6.92 Å². The summed E-state index contributed by atoms with van der Waals surface area (Å²) in [5, 5.41) is 32.4. The van der Waals surface area contributed by atoms with Crippen LogP contribution in [0, 0.1) is 0 Å². The molecule has 0 saturated carbocycles. The Bertz CT molecular complexity index is 391. The van der Waals surface area contributed by atoms with Crippen LogP contribution < -0.4 is 5.32 Å². The van der Waals surface area contributed by atoms with Crippen molar-refractivity contribution in [1.82, 2.24) is 5.32 Å². The van der Waals surface area contributed by atoms with Crippen molar-refractivity contribution < 1.29 is 15.3 Å². The van der Waals surface area contributed by atoms with Crippen molar-refractivity contribution in [1.29, 1.82) is 0 Å². The van der Waals surface area contributed by atoms with Crippen molar-refractivity contribution in [2.45, 2.75) is 45.3 Å². The van der Waals surface area contributed by atoms with Gasteiger partial charge in [-0.15, -0.1) is 0 Å². The lowest BCUT2D eigenvalue weighted by Crippen LogP contribution is -2.38. The van der Waals surface area contributed by atoms with Crippen molar-refractivity contribution in [3.63, 3.8) is 0 Å². The summed E-state index contributed by atoms with van der Waals surface area (Å²) in [5.74, 6) is 0.264. The minimum Gasteiger partial charge on any atom is -0.508 e. The van der Waals surface area contributed by atoms with Gasteiger partial charge in [0.25, 0.3) is 0 Å². The average molecular weight is 253 g/mol. The van der Waals surface area contributed by atoms with Gasteiger partial charge in [0.05, 0.1) is 5.60 Å². The molecule has 1 rings (SSSR count). The Morgan fingerprint density at radius 3 is 2.61 bits per heavy atom. The highest BCUT2D eigenvalue weighted by molar-refractivity contribution is 5.40. The third-order valence-corrected chi connectivity index (χ3v) is 3.06. The number of rotatable bonds is 6. The summed E-state index contributed by atoms with van der Waals surface area (Å²) in [6.45, 7) is 6.14. The Balaban J connectivity index is 2.65. The summed E-state index contributed by atoms with van der Waals surface area (Å²) >= 11 is 0. The molecule has 4 N–H and O–H groups in total. The third-order valence-electron chi connectivity index (χ3n) is 3.06. The third kappa shape index (κ3) is 4.20. The van der Waals surface area contributed by atoms with Gasteiger partial charge in [-0.2, -0.15) is 0 Å². The van der Waals surface area contributed by atoms with E-state index in [1.807, 2.05) is 13.8 Å². The van der Waals surface area contributed by atoms with Crippen LogP contribution >= 0.6 is 0 Å². The summed E-state index contributed by atoms with van der Waals surface area (Å²) in [7, 11) is 0. The molecule has 1 aromatic carbocycles. The molecule has 4 heteroatoms. The number of hydrogen-bond donors (Lipinski definition) is 4. The van der Waals surface area contributed by atoms with Gasteiger partial charge in [-0.1, -0.05) is 13.3 Å². The molecule has 0 bridgehead atoms. The first-order valence-electron chi connectivity index (χ1n) is 6.33. The van der Waals surface area contributed by atoms with E-state index in [1.165, 1.54) is 18.2 Å². The molecule has 0 aliphatic heterocycles. The second kappa shape index (κ2) is 6.07. The van der Waals surface area contributed by atoms with E-state index in [2.05, 4.69) is 5.32 Å². The number of nitrogens with one attached hydrogen (secondary N) is 1. The molecular formula is C14H23NO3. The van der Waals surface area contributed by atoms with Crippen LogP contribution in [-0.2, 0) is 0 Å². The molecular weight excluding hydrogens is 230 g/mol. The van der Waals surface area contributed by atoms with E-state index >= 15 is 0 Å². The average Bonchev–Trinajstić information content (AvgIpc) is 2.29. The van der Waals surface area contributed by atoms with E-state index in [0.29, 0.717) is 12.1 Å². The predicted molar refractivity (Wildman–Crippen MR) is 71.7 cm³/mol. The van der Waals surface area contributed by atoms with Crippen LogP contribution in [0.5, 0.6) is 11.5 Å². The van der Waals surface area contributed by atoms with Gasteiger partial charge in [0, 0.05) is 18.2 Å². The summed E-state index contributed by atoms with van der Waals surface area (Å²) in [5.41, 5.74) is -0.127. The quantitative estimate of drug-likeness (QED) is 0.587. The molecule has 0 aliphatic rings. The Hall–Kier alpha value is -1.26. The van der Waals surface area contributed by atoms with Crippen molar-refractivity contribution >= 4 is 0 Å². The van der Waals surface area contributed by atoms with E-state index in [-0.39, 0.29) is 17.5 Å². The Kier molecular flexibility index (Phi) is 4.99. The molecule has 0 heterocycles. The monoisotopic (exact) mass is 253 g/mol. The molecule has 0 amide bonds. The maximum atomic E-state index is 10.1. The van der Waals surface area contributed by atoms with Crippen LogP contribution in [0.1, 0.15) is 45.2 Å². The van der Waals surface area contributed by atoms with Gasteiger partial charge in [0.1, 0.15) is 11.5 Å². The van der Waals surface area contributed by atoms with Gasteiger partial charge >= 0.3 is 0 Å². The fourth-order valence-electron chi connectivity index (χ4n) is 2.00. The first-order valence-corrected chi connectivity index (χ1v) is 6.33. The molecule has 0 fully saturated rings. The zero-order valence-corrected chi connectivity index (χ0v) is 11.3. The largest absolute Gasteiger partial charge is 0.508 e. The van der Waals surface area contributed by atoms with E-state index < -0.39 is 5.60 Å². The van der Waals surface area contributed by atoms with Crippen LogP contribution in [0.25, 0.3) is 0 Å². The number of aliphatic hydroxyl groups is 1. The lowest BCUT2D eigenvalue weighted by atomic mass is 9.99. The van der Waals surface area contributed by atoms with Gasteiger partial charge in [0.15, 0.2) is 0 Å². The Morgan fingerprint density at radius 1 is 1.33 bits per heavy atom. The van der Waals surface area contributed by atoms with Crippen LogP contribution in [0.2, 0.25) is 0 Å². The molecule has 0 spiro atoms. The molecule has 0 radical (unpaired) electrons. The lowest BCUT2D eigenvalue weighted by molar-refractivity contribution is 0.0476. The summed E-state index contributed by atoms with van der Waals surface area (Å²) < 4.78 is 0. The lowest BCUT2D eigenvalue weighted by Gasteiger charge is -2.26. The number of aromatic hydroxyl groups is 2. The van der Waals surface area contributed by atoms with Crippen molar-refractivity contribution in [3.8, 4) is 11.5 Å². The second-order valence-electron chi connectivity index (χ2n) is 5.09. The van der Waals surface area contributed by atoms with Crippen molar-refractivity contribution in [2.24, 2.45) is 0 Å². The first kappa shape index (κ1) is 14.8. The molecule has 1 aromatic rings. The Morgan fingerprint density at radius 2 is 2.00 bits per heavy atom. The van der Waals surface area contributed by atoms with E-state index in [4.69, 9.17) is 0 Å². The van der Waals surface area contributed by atoms with Crippen molar-refractivity contribution in [2.75, 3.05) is 6.54 Å². The summed E-state index contributed by atoms with van der Waals surface area (Å²) in [6.07, 6.45) is 1.64. The fourth-order valence-corrected chi connectivity index (χ4v) is 2.00. The summed E-state index contributed by atoms with van der Waals surface area (Å²) in [6, 6.07) is 4.30. The van der Waals surface area contributed by atoms with Gasteiger partial charge in [-0.05, 0) is 38.5 Å². The van der Waals surface area contributed by atoms with Crippen LogP contribution in [0.15, 0.2) is 18.2 Å². The highest BCUT2D eigenvalue weighted by Gasteiger charge is 2.20. The van der Waals surface area contributed by atoms with Gasteiger partial charge in [-0.3, -0.25) is 0 Å². The molecule has 0 aliphatic carbocycles. The fraction of sp³-hybridized carbons (Fsp3) is 0.571. The maximum absolute atomic E-state index is 10.1. The molecule has 2 unspecified atom stereocenters. The SMILES string of the molecule is CCCC(C)(O)CNC(C)c1cc(O)ccc1O. The highest BCUT2D eigenvalue weighted by Crippen LogP contribution is 2.28. The molecule has 2 atom stereocenters. The molecule has 4 nitrogen and oxygen atoms in total. The van der Waals surface area contributed by atoms with Crippen LogP contribution in [-0.4, -0.2) is 27.5 Å². The number of phenolic OH excluding ortho intramolecular Hbond substituents is 2. The second-order valence-corrected chi connectivity index (χ2v) is 5.09. The zero-order chi connectivity index (χ0) is 13.8. The van der Waals surface area contributed by atoms with Gasteiger partial charge in [-0.25, -0.2) is 0 Å². The maximum Gasteiger partial charge on any atom is 0.120 e. The molecule has 0 aromatic heterocycles. The molecule has 18 heavy (non-hydrogen) atoms. The van der Waals surface area contributed by atoms with Crippen LogP contribution in [0.4, 0.5) is 0 Å². The van der Waals surface area contributed by atoms with Gasteiger partial charge < -0.3 is 20.6 Å².